The van der Waals surface area contributed by atoms with Crippen LogP contribution in [0, 0.1) is 13.8 Å². The highest BCUT2D eigenvalue weighted by Gasteiger charge is 2.57. The maximum Gasteiger partial charge on any atom is 0.0717 e. The molecule has 0 saturated carbocycles. The maximum absolute atomic E-state index is 2.63. The number of rotatable bonds is 6. The first kappa shape index (κ1) is 53.3. The van der Waals surface area contributed by atoms with Crippen molar-refractivity contribution in [1.29, 1.82) is 0 Å². The second-order valence-electron chi connectivity index (χ2n) is 28.1. The molecular formula is C82H78. The first-order valence-electron chi connectivity index (χ1n) is 29.9. The average Bonchev–Trinajstić information content (AvgIpc) is 1.63. The van der Waals surface area contributed by atoms with Crippen molar-refractivity contribution >= 4 is 21.5 Å². The van der Waals surface area contributed by atoms with Crippen LogP contribution in [0.1, 0.15) is 161 Å². The summed E-state index contributed by atoms with van der Waals surface area (Å²) in [6, 6.07) is 86.4. The first-order chi connectivity index (χ1) is 39.0. The predicted octanol–water partition coefficient (Wildman–Crippen LogP) is 21.9. The number of fused-ring (bicyclic) bond motifs is 11. The van der Waals surface area contributed by atoms with Crippen molar-refractivity contribution in [3.8, 4) is 44.5 Å². The van der Waals surface area contributed by atoms with Gasteiger partial charge in [0.15, 0.2) is 0 Å². The third-order valence-corrected chi connectivity index (χ3v) is 19.0. The fourth-order valence-corrected chi connectivity index (χ4v) is 14.6. The van der Waals surface area contributed by atoms with Crippen LogP contribution in [0.15, 0.2) is 218 Å². The fraction of sp³-hybridized carbons (Fsp3) is 0.244. The van der Waals surface area contributed by atoms with Crippen molar-refractivity contribution in [3.05, 3.63) is 296 Å². The lowest BCUT2D eigenvalue weighted by molar-refractivity contribution is 0.587. The molecule has 2 aliphatic rings. The second kappa shape index (κ2) is 18.7. The summed E-state index contributed by atoms with van der Waals surface area (Å²) in [7, 11) is 0. The molecule has 0 spiro atoms. The van der Waals surface area contributed by atoms with Gasteiger partial charge in [0.1, 0.15) is 0 Å². The van der Waals surface area contributed by atoms with Crippen LogP contribution in [0.5, 0.6) is 0 Å². The Morgan fingerprint density at radius 3 is 0.768 bits per heavy atom. The number of hydrogen-bond acceptors (Lipinski definition) is 0. The topological polar surface area (TPSA) is 0 Å². The van der Waals surface area contributed by atoms with Crippen molar-refractivity contribution in [3.63, 3.8) is 0 Å². The van der Waals surface area contributed by atoms with Gasteiger partial charge in [0, 0.05) is 0 Å². The average molecular weight is 1060 g/mol. The molecule has 0 nitrogen and oxygen atoms in total. The molecule has 2 aliphatic carbocycles. The molecule has 0 unspecified atom stereocenters. The standard InChI is InChI=1S/C82H78/c1-51-23-15-17-25-61(51)69-49-71-73(65-29-21-19-27-63(65)69)67-47-48-68-74-66-30-22-20-28-64(66)70(62-26-18-16-24-52(62)2)50-72(74)82(59-43-35-55(36-44-59)79(9,10)11,60-45-37-56(38-46-60)80(12,13)14)76(68)75(67)81(71,57-39-31-53(32-40-57)77(3,4)5)58-41-33-54(34-42-58)78(6,7)8/h15-50H,1-14H3. The summed E-state index contributed by atoms with van der Waals surface area (Å²) in [5, 5.41) is 5.08. The molecule has 0 radical (unpaired) electrons. The quantitative estimate of drug-likeness (QED) is 0.156. The Balaban J connectivity index is 1.31. The highest BCUT2D eigenvalue weighted by atomic mass is 14.6. The van der Waals surface area contributed by atoms with E-state index in [4.69, 9.17) is 0 Å². The summed E-state index contributed by atoms with van der Waals surface area (Å²) in [5.41, 5.74) is 26.7. The van der Waals surface area contributed by atoms with Crippen LogP contribution >= 0.6 is 0 Å². The van der Waals surface area contributed by atoms with Crippen LogP contribution in [-0.2, 0) is 32.5 Å². The molecule has 0 atom stereocenters. The minimum absolute atomic E-state index is 0.0495. The van der Waals surface area contributed by atoms with Crippen LogP contribution in [0.4, 0.5) is 0 Å². The first-order valence-corrected chi connectivity index (χ1v) is 29.9. The zero-order chi connectivity index (χ0) is 57.5. The lowest BCUT2D eigenvalue weighted by Gasteiger charge is -2.41. The van der Waals surface area contributed by atoms with E-state index in [9.17, 15) is 0 Å². The monoisotopic (exact) mass is 1060 g/mol. The van der Waals surface area contributed by atoms with Crippen LogP contribution in [0.2, 0.25) is 0 Å². The number of hydrogen-bond donors (Lipinski definition) is 0. The fourth-order valence-electron chi connectivity index (χ4n) is 14.6. The summed E-state index contributed by atoms with van der Waals surface area (Å²) in [5.74, 6) is 0. The van der Waals surface area contributed by atoms with E-state index in [0.29, 0.717) is 0 Å². The van der Waals surface area contributed by atoms with Crippen LogP contribution in [0.3, 0.4) is 0 Å². The van der Waals surface area contributed by atoms with E-state index in [0.717, 1.165) is 0 Å². The molecule has 0 bridgehead atoms. The molecule has 0 amide bonds. The normalized spacial score (nSPS) is 14.4. The molecule has 0 aliphatic heterocycles. The smallest absolute Gasteiger partial charge is 0.0620 e. The molecular weight excluding hydrogens is 985 g/mol. The van der Waals surface area contributed by atoms with Gasteiger partial charge in [-0.2, -0.15) is 0 Å². The summed E-state index contributed by atoms with van der Waals surface area (Å²) < 4.78 is 0. The zero-order valence-electron chi connectivity index (χ0n) is 50.8. The van der Waals surface area contributed by atoms with Crippen molar-refractivity contribution in [2.45, 2.75) is 129 Å². The SMILES string of the molecule is Cc1ccccc1-c1cc2c(c3ccccc13)-c1ccc3c(c1C2(c1ccc(C(C)(C)C)cc1)c1ccc(C(C)(C)C)cc1)C(c1ccc(C(C)(C)C)cc1)(c1ccc(C(C)(C)C)cc1)c1cc(-c2ccccc2C)c2ccccc2c1-3. The molecule has 13 rings (SSSR count). The minimum Gasteiger partial charge on any atom is -0.0620 e. The van der Waals surface area contributed by atoms with Crippen molar-refractivity contribution < 1.29 is 0 Å². The van der Waals surface area contributed by atoms with Gasteiger partial charge in [-0.1, -0.05) is 289 Å². The van der Waals surface area contributed by atoms with E-state index in [2.05, 4.69) is 315 Å². The third-order valence-electron chi connectivity index (χ3n) is 19.0. The summed E-state index contributed by atoms with van der Waals surface area (Å²) >= 11 is 0. The zero-order valence-corrected chi connectivity index (χ0v) is 50.8. The van der Waals surface area contributed by atoms with Crippen molar-refractivity contribution in [2.24, 2.45) is 0 Å². The lowest BCUT2D eigenvalue weighted by atomic mass is 9.59. The summed E-state index contributed by atoms with van der Waals surface area (Å²) in [6.45, 7) is 32.6. The van der Waals surface area contributed by atoms with E-state index in [1.165, 1.54) is 144 Å². The molecule has 406 valence electrons. The van der Waals surface area contributed by atoms with Gasteiger partial charge in [-0.05, 0) is 192 Å². The van der Waals surface area contributed by atoms with Gasteiger partial charge < -0.3 is 0 Å². The Kier molecular flexibility index (Phi) is 12.2. The van der Waals surface area contributed by atoms with E-state index < -0.39 is 10.8 Å². The van der Waals surface area contributed by atoms with E-state index >= 15 is 0 Å². The van der Waals surface area contributed by atoms with Gasteiger partial charge in [-0.3, -0.25) is 0 Å². The number of aryl methyl sites for hydroxylation is 2. The van der Waals surface area contributed by atoms with Gasteiger partial charge in [0.2, 0.25) is 0 Å². The van der Waals surface area contributed by atoms with E-state index in [1.807, 2.05) is 0 Å². The summed E-state index contributed by atoms with van der Waals surface area (Å²) in [6.07, 6.45) is 0. The molecule has 0 N–H and O–H groups in total. The number of benzene rings is 11. The van der Waals surface area contributed by atoms with Gasteiger partial charge >= 0.3 is 0 Å². The Labute approximate surface area is 489 Å². The molecule has 0 heteroatoms. The summed E-state index contributed by atoms with van der Waals surface area (Å²) in [4.78, 5) is 0. The molecule has 82 heavy (non-hydrogen) atoms. The second-order valence-corrected chi connectivity index (χ2v) is 28.1. The Bertz CT molecular complexity index is 3920. The molecule has 11 aromatic carbocycles. The predicted molar refractivity (Wildman–Crippen MR) is 351 cm³/mol. The van der Waals surface area contributed by atoms with Crippen LogP contribution in [-0.4, -0.2) is 0 Å². The lowest BCUT2D eigenvalue weighted by Crippen LogP contribution is -2.36. The Morgan fingerprint density at radius 2 is 0.500 bits per heavy atom. The van der Waals surface area contributed by atoms with Crippen molar-refractivity contribution in [1.82, 2.24) is 0 Å². The van der Waals surface area contributed by atoms with Crippen LogP contribution < -0.4 is 0 Å². The highest BCUT2D eigenvalue weighted by molar-refractivity contribution is 6.14. The maximum atomic E-state index is 2.63. The van der Waals surface area contributed by atoms with Gasteiger partial charge in [0.05, 0.1) is 10.8 Å². The van der Waals surface area contributed by atoms with Gasteiger partial charge in [0.25, 0.3) is 0 Å². The van der Waals surface area contributed by atoms with E-state index in [-0.39, 0.29) is 21.7 Å². The molecule has 11 aromatic rings. The molecule has 0 heterocycles. The van der Waals surface area contributed by atoms with E-state index in [1.54, 1.807) is 0 Å². The van der Waals surface area contributed by atoms with Crippen molar-refractivity contribution in [2.75, 3.05) is 0 Å². The van der Waals surface area contributed by atoms with Gasteiger partial charge in [-0.25, -0.2) is 0 Å². The highest BCUT2D eigenvalue weighted by Crippen LogP contribution is 2.68. The molecule has 0 aromatic heterocycles. The van der Waals surface area contributed by atoms with Crippen LogP contribution in [0.25, 0.3) is 66.1 Å². The Morgan fingerprint density at radius 1 is 0.244 bits per heavy atom. The van der Waals surface area contributed by atoms with Gasteiger partial charge in [-0.15, -0.1) is 0 Å². The minimum atomic E-state index is -0.817. The largest absolute Gasteiger partial charge is 0.0717 e. The molecule has 0 fully saturated rings. The molecule has 0 saturated heterocycles. The Hall–Kier alpha value is -8.06. The third kappa shape index (κ3) is 7.98.